The van der Waals surface area contributed by atoms with E-state index < -0.39 is 0 Å². The van der Waals surface area contributed by atoms with Gasteiger partial charge in [-0.3, -0.25) is 5.10 Å². The van der Waals surface area contributed by atoms with Crippen molar-refractivity contribution in [1.29, 1.82) is 0 Å². The number of nitrogens with one attached hydrogen (secondary N) is 2. The Labute approximate surface area is 147 Å². The maximum Gasteiger partial charge on any atom is 0.0596 e. The zero-order chi connectivity index (χ0) is 17.3. The van der Waals surface area contributed by atoms with Crippen LogP contribution in [-0.4, -0.2) is 53.5 Å². The first-order chi connectivity index (χ1) is 11.7. The molecule has 1 spiro atoms. The van der Waals surface area contributed by atoms with Gasteiger partial charge in [0.25, 0.3) is 0 Å². The Balaban J connectivity index is 0.000000174. The lowest BCUT2D eigenvalue weighted by Gasteiger charge is -2.44. The lowest BCUT2D eigenvalue weighted by molar-refractivity contribution is -0.0364. The second-order valence-corrected chi connectivity index (χ2v) is 7.63. The van der Waals surface area contributed by atoms with Crippen molar-refractivity contribution in [2.45, 2.75) is 70.4 Å². The van der Waals surface area contributed by atoms with Gasteiger partial charge in [-0.2, -0.15) is 5.10 Å². The minimum Gasteiger partial charge on any atom is -0.393 e. The van der Waals surface area contributed by atoms with E-state index in [0.29, 0.717) is 5.41 Å². The molecule has 0 aliphatic heterocycles. The van der Waals surface area contributed by atoms with Crippen LogP contribution in [0.4, 0.5) is 0 Å². The molecule has 3 N–H and O–H groups in total. The summed E-state index contributed by atoms with van der Waals surface area (Å²) in [6, 6.07) is 0. The molecule has 1 unspecified atom stereocenters. The molecule has 3 rings (SSSR count). The molecule has 2 aliphatic carbocycles. The van der Waals surface area contributed by atoms with Crippen molar-refractivity contribution in [3.8, 4) is 0 Å². The summed E-state index contributed by atoms with van der Waals surface area (Å²) in [6.07, 6.45) is 15.5. The monoisotopic (exact) mass is 336 g/mol. The molecule has 138 valence electrons. The Bertz CT molecular complexity index is 420. The predicted octanol–water partition coefficient (Wildman–Crippen LogP) is 2.93. The molecule has 0 bridgehead atoms. The molecular formula is C19H36N4O. The van der Waals surface area contributed by atoms with E-state index in [0.717, 1.165) is 26.1 Å². The molecule has 2 aliphatic rings. The van der Waals surface area contributed by atoms with Crippen molar-refractivity contribution in [2.75, 3.05) is 27.2 Å². The number of nitrogens with zero attached hydrogens (tertiary/aromatic N) is 2. The van der Waals surface area contributed by atoms with Gasteiger partial charge in [-0.1, -0.05) is 32.1 Å². The summed E-state index contributed by atoms with van der Waals surface area (Å²) in [5.41, 5.74) is 1.60. The Morgan fingerprint density at radius 2 is 1.96 bits per heavy atom. The van der Waals surface area contributed by atoms with Gasteiger partial charge in [0.2, 0.25) is 0 Å². The number of rotatable bonds is 5. The van der Waals surface area contributed by atoms with E-state index in [2.05, 4.69) is 27.5 Å². The number of likely N-dealkylation sites (N-methyl/N-ethyl adjacent to an activating group) is 2. The summed E-state index contributed by atoms with van der Waals surface area (Å²) in [7, 11) is 4.07. The molecule has 1 aromatic rings. The third-order valence-corrected chi connectivity index (χ3v) is 5.71. The summed E-state index contributed by atoms with van der Waals surface area (Å²) in [4.78, 5) is 2.25. The van der Waals surface area contributed by atoms with Crippen LogP contribution in [-0.2, 0) is 6.54 Å². The quantitative estimate of drug-likeness (QED) is 0.773. The molecule has 0 saturated heterocycles. The van der Waals surface area contributed by atoms with Gasteiger partial charge in [0.1, 0.15) is 0 Å². The van der Waals surface area contributed by atoms with Gasteiger partial charge in [-0.05, 0) is 45.2 Å². The first-order valence-corrected chi connectivity index (χ1v) is 9.65. The number of hydrogen-bond donors (Lipinski definition) is 3. The van der Waals surface area contributed by atoms with Gasteiger partial charge >= 0.3 is 0 Å². The average Bonchev–Trinajstić information content (AvgIpc) is 3.10. The first kappa shape index (κ1) is 19.4. The van der Waals surface area contributed by atoms with Gasteiger partial charge in [0.05, 0.1) is 12.3 Å². The van der Waals surface area contributed by atoms with Crippen LogP contribution in [0.3, 0.4) is 0 Å². The van der Waals surface area contributed by atoms with Crippen molar-refractivity contribution in [1.82, 2.24) is 20.4 Å². The molecule has 1 aromatic heterocycles. The lowest BCUT2D eigenvalue weighted by Crippen LogP contribution is -2.39. The molecule has 0 aromatic carbocycles. The Morgan fingerprint density at radius 3 is 2.54 bits per heavy atom. The zero-order valence-electron chi connectivity index (χ0n) is 15.6. The van der Waals surface area contributed by atoms with E-state index >= 15 is 0 Å². The van der Waals surface area contributed by atoms with E-state index in [1.54, 1.807) is 0 Å². The highest BCUT2D eigenvalue weighted by Gasteiger charge is 2.40. The fraction of sp³-hybridized carbons (Fsp3) is 0.842. The van der Waals surface area contributed by atoms with E-state index in [1.807, 2.05) is 19.4 Å². The predicted molar refractivity (Wildman–Crippen MR) is 98.8 cm³/mol. The van der Waals surface area contributed by atoms with Crippen molar-refractivity contribution in [3.05, 3.63) is 18.0 Å². The second kappa shape index (κ2) is 10.2. The molecule has 1 atom stereocenters. The molecule has 24 heavy (non-hydrogen) atoms. The summed E-state index contributed by atoms with van der Waals surface area (Å²) in [5, 5.41) is 19.8. The molecule has 2 fully saturated rings. The SMILES string of the molecule is CNCCN(C)Cc1cn[nH]c1.OC1CCCCC12CCCCC2. The normalized spacial score (nSPS) is 23.1. The summed E-state index contributed by atoms with van der Waals surface area (Å²) >= 11 is 0. The van der Waals surface area contributed by atoms with E-state index in [9.17, 15) is 5.11 Å². The lowest BCUT2D eigenvalue weighted by atomic mass is 9.64. The summed E-state index contributed by atoms with van der Waals surface area (Å²) in [6.45, 7) is 3.04. The smallest absolute Gasteiger partial charge is 0.0596 e. The standard InChI is InChI=1S/C11H20O.C8H16N4/c12-10-6-2-5-9-11(10)7-3-1-4-8-11;1-9-3-4-12(2)7-8-5-10-11-6-8/h10,12H,1-9H2;5-6,9H,3-4,7H2,1-2H3,(H,10,11). The van der Waals surface area contributed by atoms with Crippen LogP contribution in [0.1, 0.15) is 63.4 Å². The average molecular weight is 337 g/mol. The third kappa shape index (κ3) is 5.87. The fourth-order valence-electron chi connectivity index (χ4n) is 4.18. The fourth-order valence-corrected chi connectivity index (χ4v) is 4.18. The van der Waals surface area contributed by atoms with E-state index in [1.165, 1.54) is 56.9 Å². The number of aromatic nitrogens is 2. The summed E-state index contributed by atoms with van der Waals surface area (Å²) < 4.78 is 0. The second-order valence-electron chi connectivity index (χ2n) is 7.63. The first-order valence-electron chi connectivity index (χ1n) is 9.65. The molecule has 5 nitrogen and oxygen atoms in total. The highest BCUT2D eigenvalue weighted by Crippen LogP contribution is 2.47. The highest BCUT2D eigenvalue weighted by atomic mass is 16.3. The van der Waals surface area contributed by atoms with Crippen molar-refractivity contribution >= 4 is 0 Å². The Hall–Kier alpha value is -0.910. The number of aliphatic hydroxyl groups excluding tert-OH is 1. The van der Waals surface area contributed by atoms with Crippen molar-refractivity contribution in [2.24, 2.45) is 5.41 Å². The van der Waals surface area contributed by atoms with Crippen LogP contribution in [0, 0.1) is 5.41 Å². The van der Waals surface area contributed by atoms with Crippen LogP contribution < -0.4 is 5.32 Å². The molecule has 5 heteroatoms. The van der Waals surface area contributed by atoms with Gasteiger partial charge in [-0.15, -0.1) is 0 Å². The van der Waals surface area contributed by atoms with Crippen LogP contribution >= 0.6 is 0 Å². The molecule has 0 radical (unpaired) electrons. The number of hydrogen-bond acceptors (Lipinski definition) is 4. The van der Waals surface area contributed by atoms with E-state index in [-0.39, 0.29) is 6.10 Å². The number of H-pyrrole nitrogens is 1. The third-order valence-electron chi connectivity index (χ3n) is 5.71. The topological polar surface area (TPSA) is 64.2 Å². The van der Waals surface area contributed by atoms with Crippen molar-refractivity contribution in [3.63, 3.8) is 0 Å². The number of aromatic amines is 1. The maximum absolute atomic E-state index is 9.98. The van der Waals surface area contributed by atoms with Crippen molar-refractivity contribution < 1.29 is 5.11 Å². The Morgan fingerprint density at radius 1 is 1.25 bits per heavy atom. The van der Waals surface area contributed by atoms with Crippen LogP contribution in [0.5, 0.6) is 0 Å². The zero-order valence-corrected chi connectivity index (χ0v) is 15.6. The molecule has 0 amide bonds. The number of aliphatic hydroxyl groups is 1. The van der Waals surface area contributed by atoms with Gasteiger partial charge in [-0.25, -0.2) is 0 Å². The van der Waals surface area contributed by atoms with Gasteiger partial charge in [0, 0.05) is 31.4 Å². The minimum atomic E-state index is 0.0338. The van der Waals surface area contributed by atoms with Crippen LogP contribution in [0.15, 0.2) is 12.4 Å². The highest BCUT2D eigenvalue weighted by molar-refractivity contribution is 5.01. The maximum atomic E-state index is 9.98. The molecular weight excluding hydrogens is 300 g/mol. The molecule has 2 saturated carbocycles. The largest absolute Gasteiger partial charge is 0.393 e. The molecule has 1 heterocycles. The van der Waals surface area contributed by atoms with Gasteiger partial charge < -0.3 is 15.3 Å². The van der Waals surface area contributed by atoms with Crippen LogP contribution in [0.2, 0.25) is 0 Å². The Kier molecular flexibility index (Phi) is 8.22. The van der Waals surface area contributed by atoms with Gasteiger partial charge in [0.15, 0.2) is 0 Å². The summed E-state index contributed by atoms with van der Waals surface area (Å²) in [5.74, 6) is 0. The van der Waals surface area contributed by atoms with E-state index in [4.69, 9.17) is 0 Å². The minimum absolute atomic E-state index is 0.0338. The van der Waals surface area contributed by atoms with Crippen LogP contribution in [0.25, 0.3) is 0 Å².